The highest BCUT2D eigenvalue weighted by atomic mass is 35.5. The highest BCUT2D eigenvalue weighted by Gasteiger charge is 2.34. The van der Waals surface area contributed by atoms with Crippen LogP contribution in [0.4, 0.5) is 22.1 Å². The molecule has 0 saturated heterocycles. The number of nitrogen functional groups attached to an aromatic ring is 1. The first-order valence-corrected chi connectivity index (χ1v) is 35.5. The third-order valence-corrected chi connectivity index (χ3v) is 19.7. The number of alkyl halides is 1. The molecular weight excluding hydrogens is 1380 g/mol. The molecule has 10 rings (SSSR count). The number of para-hydroxylation sites is 1. The molecule has 534 valence electrons. The number of fused-ring (bicyclic) bond motifs is 6. The van der Waals surface area contributed by atoms with Crippen molar-refractivity contribution in [2.45, 2.75) is 103 Å². The Labute approximate surface area is 595 Å². The number of anilines is 3. The molecule has 0 fully saturated rings. The van der Waals surface area contributed by atoms with E-state index in [1.165, 1.54) is 46.8 Å². The summed E-state index contributed by atoms with van der Waals surface area (Å²) in [5, 5.41) is 50.7. The number of nitrogens with one attached hydrogen (secondary N) is 6. The first-order valence-electron chi connectivity index (χ1n) is 32.5. The molecule has 5 heterocycles. The summed E-state index contributed by atoms with van der Waals surface area (Å²) in [6.07, 6.45) is -0.620. The van der Waals surface area contributed by atoms with Gasteiger partial charge in [0, 0.05) is 107 Å². The van der Waals surface area contributed by atoms with Gasteiger partial charge in [0.2, 0.25) is 17.8 Å². The molecule has 5 aromatic carbocycles. The molecule has 1 aliphatic rings. The zero-order chi connectivity index (χ0) is 73.1. The number of H-pyrrole nitrogens is 3. The highest BCUT2D eigenvalue weighted by molar-refractivity contribution is 8.76. The Morgan fingerprint density at radius 1 is 0.735 bits per heavy atom. The van der Waals surface area contributed by atoms with Gasteiger partial charge in [-0.25, -0.2) is 24.4 Å². The molecule has 5 atom stereocenters. The Hall–Kier alpha value is -10.9. The Morgan fingerprint density at radius 2 is 1.44 bits per heavy atom. The lowest BCUT2D eigenvalue weighted by Gasteiger charge is -2.17. The number of benzene rings is 5. The Balaban J connectivity index is 0.000000459. The number of ether oxygens (including phenoxy) is 2. The van der Waals surface area contributed by atoms with E-state index in [1.807, 2.05) is 61.5 Å². The van der Waals surface area contributed by atoms with Gasteiger partial charge in [0.25, 0.3) is 11.5 Å². The van der Waals surface area contributed by atoms with Crippen molar-refractivity contribution in [2.75, 3.05) is 46.5 Å². The summed E-state index contributed by atoms with van der Waals surface area (Å²) in [7, 11) is 2.54. The lowest BCUT2D eigenvalue weighted by molar-refractivity contribution is -0.145. The van der Waals surface area contributed by atoms with Crippen LogP contribution in [0.5, 0.6) is 5.75 Å². The summed E-state index contributed by atoms with van der Waals surface area (Å²) < 4.78 is 10.9. The van der Waals surface area contributed by atoms with Crippen LogP contribution in [-0.4, -0.2) is 152 Å². The van der Waals surface area contributed by atoms with Gasteiger partial charge in [-0.2, -0.15) is 4.98 Å². The topological polar surface area (TPSA) is 439 Å². The first-order chi connectivity index (χ1) is 48.9. The Kier molecular flexibility index (Phi) is 26.2. The smallest absolute Gasteiger partial charge is 0.481 e. The highest BCUT2D eigenvalue weighted by Crippen LogP contribution is 2.46. The molecule has 28 nitrogen and oxygen atoms in total. The van der Waals surface area contributed by atoms with Crippen molar-refractivity contribution in [1.29, 1.82) is 0 Å². The van der Waals surface area contributed by atoms with E-state index in [2.05, 4.69) is 58.0 Å². The summed E-state index contributed by atoms with van der Waals surface area (Å²) >= 11 is 6.25. The third-order valence-electron chi connectivity index (χ3n) is 16.9. The number of aromatic nitrogens is 6. The van der Waals surface area contributed by atoms with E-state index in [-0.39, 0.29) is 97.0 Å². The van der Waals surface area contributed by atoms with Crippen molar-refractivity contribution >= 4 is 154 Å². The van der Waals surface area contributed by atoms with Gasteiger partial charge in [-0.1, -0.05) is 83.0 Å². The number of nitrogens with two attached hydrogens (primary N) is 1. The molecular formula is C71H74ClN11O17S2. The number of carbonyl (C=O) groups is 10. The zero-order valence-corrected chi connectivity index (χ0v) is 57.7. The van der Waals surface area contributed by atoms with E-state index in [1.54, 1.807) is 35.2 Å². The van der Waals surface area contributed by atoms with E-state index >= 15 is 0 Å². The number of hydrogen-bond acceptors (Lipinski definition) is 20. The lowest BCUT2D eigenvalue weighted by Crippen LogP contribution is -2.41. The number of aliphatic carboxylic acids is 4. The molecule has 9 aromatic rings. The predicted molar refractivity (Wildman–Crippen MR) is 385 cm³/mol. The minimum absolute atomic E-state index is 0.00327. The number of aryl methyl sites for hydroxylation is 1. The molecule has 0 bridgehead atoms. The average Bonchev–Trinajstić information content (AvgIpc) is 1.55. The second kappa shape index (κ2) is 35.5. The number of carboxylic acids is 4. The molecule has 4 aromatic heterocycles. The molecule has 1 aliphatic heterocycles. The molecule has 0 spiro atoms. The second-order valence-electron chi connectivity index (χ2n) is 24.3. The fourth-order valence-electron chi connectivity index (χ4n) is 11.7. The fraction of sp³-hybridized carbons (Fsp3) is 0.324. The number of aromatic amines is 3. The minimum atomic E-state index is -1.52. The van der Waals surface area contributed by atoms with Crippen LogP contribution in [0, 0.1) is 18.8 Å². The standard InChI is InChI=1S/C52H58ClN9O16S2.C19H16N2O/c1-27(63)62-25-31(22-53)42-36-8-4-3-7-35(36)40(21-39(42)62)78-52(76)77-18-19-79-80-26-30(48(70)71)6-2-5-9-37(49(72)73)58-41(65)17-12-29(47(68)69)20-34(64)15-16-38(50(74)75)59-45(66)28-10-13-32(14-11-28)55-23-33-24-56-44-43(57-33)46(67)61-51(54)60-44;1-12-8-15-9-13(6-7-17(15)20-12)10-19(22)18-11-14-4-2-3-5-16(14)21-18/h3-4,7-8,10-11,13-14,21,24,29-31,37-38,55H,2,5-6,9,12,15-20,22-23,25-26H2,1H3,(H,58,65)(H,59,66)(H,68,69)(H,70,71)(H,72,73)(H,74,75)(H3,54,56,60,61,67);2-9,11,20-21H,10H2,1H3. The summed E-state index contributed by atoms with van der Waals surface area (Å²) in [6.45, 7) is 3.98. The maximum absolute atomic E-state index is 13.0. The van der Waals surface area contributed by atoms with E-state index in [9.17, 15) is 73.2 Å². The van der Waals surface area contributed by atoms with Gasteiger partial charge >= 0.3 is 30.0 Å². The van der Waals surface area contributed by atoms with Crippen molar-refractivity contribution < 1.29 is 77.8 Å². The minimum Gasteiger partial charge on any atom is -0.481 e. The van der Waals surface area contributed by atoms with Gasteiger partial charge in [0.05, 0.1) is 41.7 Å². The number of rotatable bonds is 34. The Morgan fingerprint density at radius 3 is 2.16 bits per heavy atom. The van der Waals surface area contributed by atoms with E-state index in [4.69, 9.17) is 26.8 Å². The van der Waals surface area contributed by atoms with Gasteiger partial charge < -0.3 is 66.5 Å². The number of halogens is 1. The number of carboxylic acid groups (broad SMARTS) is 4. The molecule has 12 N–H and O–H groups in total. The van der Waals surface area contributed by atoms with Crippen molar-refractivity contribution in [2.24, 2.45) is 11.8 Å². The number of ketones is 2. The lowest BCUT2D eigenvalue weighted by atomic mass is 9.94. The van der Waals surface area contributed by atoms with Crippen LogP contribution in [-0.2, 0) is 51.3 Å². The number of nitrogens with zero attached hydrogens (tertiary/aromatic N) is 4. The first kappa shape index (κ1) is 75.4. The van der Waals surface area contributed by atoms with Crippen molar-refractivity contribution in [3.8, 4) is 5.75 Å². The van der Waals surface area contributed by atoms with E-state index in [0.29, 0.717) is 59.2 Å². The Bertz CT molecular complexity index is 4650. The zero-order valence-electron chi connectivity index (χ0n) is 55.3. The number of hydrogen-bond donors (Lipinski definition) is 11. The van der Waals surface area contributed by atoms with E-state index < -0.39 is 96.4 Å². The number of amides is 3. The second-order valence-corrected chi connectivity index (χ2v) is 27.2. The van der Waals surface area contributed by atoms with Crippen molar-refractivity contribution in [3.05, 3.63) is 160 Å². The van der Waals surface area contributed by atoms with Crippen LogP contribution in [0.1, 0.15) is 114 Å². The average molecular weight is 1450 g/mol. The van der Waals surface area contributed by atoms with Gasteiger partial charge in [-0.3, -0.25) is 43.3 Å². The van der Waals surface area contributed by atoms with Crippen LogP contribution in [0.15, 0.2) is 120 Å². The molecule has 3 amide bonds. The van der Waals surface area contributed by atoms with Crippen molar-refractivity contribution in [3.63, 3.8) is 0 Å². The van der Waals surface area contributed by atoms with Gasteiger partial charge in [-0.05, 0) is 109 Å². The molecule has 0 saturated carbocycles. The fourth-order valence-corrected chi connectivity index (χ4v) is 14.1. The molecule has 5 unspecified atom stereocenters. The molecule has 0 aliphatic carbocycles. The van der Waals surface area contributed by atoms with Crippen LogP contribution >= 0.6 is 33.2 Å². The van der Waals surface area contributed by atoms with Crippen LogP contribution in [0.2, 0.25) is 0 Å². The SMILES string of the molecule is CC(=O)N1CC(CCl)c2c1cc(OC(=O)OCCSSCC(CCCCC(NC(=O)CCC(CC(=O)CCC(NC(=O)c1ccc(NCc3cnc4nc(N)[nH]c(=O)c4n3)cc1)C(=O)O)C(=O)O)C(=O)O)C(=O)O)c1ccccc21.Cc1cc2cc(CC(=O)c3cc4ccccc4[nH]3)ccc2[nH]1. The van der Waals surface area contributed by atoms with Gasteiger partial charge in [0.1, 0.15) is 30.2 Å². The predicted octanol–water partition coefficient (Wildman–Crippen LogP) is 9.96. The van der Waals surface area contributed by atoms with Crippen molar-refractivity contribution in [1.82, 2.24) is 40.5 Å². The maximum Gasteiger partial charge on any atom is 0.513 e. The van der Waals surface area contributed by atoms with Crippen LogP contribution < -0.4 is 36.9 Å². The molecule has 0 radical (unpaired) electrons. The number of unbranched alkanes of at least 4 members (excludes halogenated alkanes) is 1. The largest absolute Gasteiger partial charge is 0.513 e. The number of Topliss-reactive ketones (excluding diaryl/α,β-unsaturated/α-hetero) is 2. The van der Waals surface area contributed by atoms with E-state index in [0.717, 1.165) is 44.0 Å². The summed E-state index contributed by atoms with van der Waals surface area (Å²) in [4.78, 5) is 159. The van der Waals surface area contributed by atoms with Gasteiger partial charge in [-0.15, -0.1) is 11.6 Å². The van der Waals surface area contributed by atoms with Crippen LogP contribution in [0.3, 0.4) is 0 Å². The normalized spacial score (nSPS) is 13.6. The summed E-state index contributed by atoms with van der Waals surface area (Å²) in [5.74, 6) is -8.88. The third kappa shape index (κ3) is 20.4. The monoisotopic (exact) mass is 1450 g/mol. The van der Waals surface area contributed by atoms with Crippen LogP contribution in [0.25, 0.3) is 43.7 Å². The molecule has 31 heteroatoms. The molecule has 102 heavy (non-hydrogen) atoms. The quantitative estimate of drug-likeness (QED) is 0.00446. The maximum atomic E-state index is 13.0. The summed E-state index contributed by atoms with van der Waals surface area (Å²) in [5.41, 5.74) is 12.6. The number of carbonyl (C=O) groups excluding carboxylic acids is 6. The summed E-state index contributed by atoms with van der Waals surface area (Å²) in [6, 6.07) is 30.1. The van der Waals surface area contributed by atoms with Gasteiger partial charge in [0.15, 0.2) is 16.9 Å².